The maximum Gasteiger partial charge on any atom is 0.220 e. The molecule has 3 aromatic rings. The van der Waals surface area contributed by atoms with Gasteiger partial charge in [0.05, 0.1) is 0 Å². The number of furan rings is 1. The van der Waals surface area contributed by atoms with Crippen molar-refractivity contribution in [2.24, 2.45) is 5.73 Å². The van der Waals surface area contributed by atoms with Crippen molar-refractivity contribution in [2.45, 2.75) is 31.8 Å². The Balaban J connectivity index is 0.00000225. The number of carbonyl (C=O) groups excluding carboxylic acids is 1. The number of amides is 1. The molecule has 1 aromatic heterocycles. The molecule has 3 rings (SSSR count). The van der Waals surface area contributed by atoms with Gasteiger partial charge in [0.25, 0.3) is 0 Å². The summed E-state index contributed by atoms with van der Waals surface area (Å²) >= 11 is 0. The zero-order valence-corrected chi connectivity index (χ0v) is 15.0. The van der Waals surface area contributed by atoms with Gasteiger partial charge in [-0.2, -0.15) is 0 Å². The van der Waals surface area contributed by atoms with Crippen LogP contribution in [0, 0.1) is 0 Å². The number of rotatable bonds is 6. The maximum atomic E-state index is 12.3. The summed E-state index contributed by atoms with van der Waals surface area (Å²) in [6.07, 6.45) is 1.06. The molecule has 2 unspecified atom stereocenters. The van der Waals surface area contributed by atoms with E-state index in [-0.39, 0.29) is 30.4 Å². The third-order valence-corrected chi connectivity index (χ3v) is 3.99. The molecular formula is C20H23ClN2O2. The fourth-order valence-corrected chi connectivity index (χ4v) is 2.70. The van der Waals surface area contributed by atoms with Crippen LogP contribution in [0.5, 0.6) is 0 Å². The van der Waals surface area contributed by atoms with E-state index in [0.717, 1.165) is 22.3 Å². The SMILES string of the molecule is CC(N)CCC(=O)NC(c1ccccc1)c1cc2ccccc2o1.Cl. The molecule has 1 amide bonds. The Bertz CT molecular complexity index is 782. The second-order valence-electron chi connectivity index (χ2n) is 6.11. The Labute approximate surface area is 153 Å². The molecule has 0 aliphatic rings. The zero-order chi connectivity index (χ0) is 16.9. The van der Waals surface area contributed by atoms with Crippen molar-refractivity contribution in [3.63, 3.8) is 0 Å². The highest BCUT2D eigenvalue weighted by Crippen LogP contribution is 2.28. The summed E-state index contributed by atoms with van der Waals surface area (Å²) in [5.74, 6) is 0.707. The normalized spacial score (nSPS) is 13.0. The summed E-state index contributed by atoms with van der Waals surface area (Å²) in [4.78, 5) is 12.3. The van der Waals surface area contributed by atoms with Crippen LogP contribution in [0.25, 0.3) is 11.0 Å². The van der Waals surface area contributed by atoms with E-state index in [0.29, 0.717) is 12.8 Å². The summed E-state index contributed by atoms with van der Waals surface area (Å²) < 4.78 is 5.97. The molecule has 0 saturated heterocycles. The van der Waals surface area contributed by atoms with Gasteiger partial charge in [-0.25, -0.2) is 0 Å². The molecule has 0 aliphatic carbocycles. The Kier molecular flexibility index (Phi) is 6.62. The third-order valence-electron chi connectivity index (χ3n) is 3.99. The molecule has 0 saturated carbocycles. The van der Waals surface area contributed by atoms with Crippen LogP contribution >= 0.6 is 12.4 Å². The first kappa shape index (κ1) is 19.0. The monoisotopic (exact) mass is 358 g/mol. The molecule has 25 heavy (non-hydrogen) atoms. The van der Waals surface area contributed by atoms with E-state index in [2.05, 4.69) is 5.32 Å². The lowest BCUT2D eigenvalue weighted by atomic mass is 10.0. The van der Waals surface area contributed by atoms with Gasteiger partial charge >= 0.3 is 0 Å². The lowest BCUT2D eigenvalue weighted by Gasteiger charge is -2.17. The molecule has 2 aromatic carbocycles. The maximum absolute atomic E-state index is 12.3. The summed E-state index contributed by atoms with van der Waals surface area (Å²) in [6.45, 7) is 1.90. The quantitative estimate of drug-likeness (QED) is 0.694. The van der Waals surface area contributed by atoms with E-state index < -0.39 is 0 Å². The van der Waals surface area contributed by atoms with Crippen molar-refractivity contribution >= 4 is 29.3 Å². The van der Waals surface area contributed by atoms with Gasteiger partial charge in [0, 0.05) is 17.8 Å². The van der Waals surface area contributed by atoms with Crippen LogP contribution in [0.1, 0.15) is 37.1 Å². The number of para-hydroxylation sites is 1. The summed E-state index contributed by atoms with van der Waals surface area (Å²) in [7, 11) is 0. The van der Waals surface area contributed by atoms with Crippen LogP contribution in [-0.4, -0.2) is 11.9 Å². The second-order valence-corrected chi connectivity index (χ2v) is 6.11. The van der Waals surface area contributed by atoms with E-state index in [1.165, 1.54) is 0 Å². The van der Waals surface area contributed by atoms with E-state index in [1.807, 2.05) is 67.6 Å². The number of benzene rings is 2. The Morgan fingerprint density at radius 1 is 1.12 bits per heavy atom. The lowest BCUT2D eigenvalue weighted by molar-refractivity contribution is -0.121. The smallest absolute Gasteiger partial charge is 0.220 e. The van der Waals surface area contributed by atoms with Crippen molar-refractivity contribution in [3.05, 3.63) is 72.0 Å². The number of hydrogen-bond acceptors (Lipinski definition) is 3. The van der Waals surface area contributed by atoms with Crippen LogP contribution in [0.15, 0.2) is 65.1 Å². The average molecular weight is 359 g/mol. The first-order valence-corrected chi connectivity index (χ1v) is 8.22. The van der Waals surface area contributed by atoms with Gasteiger partial charge in [-0.1, -0.05) is 48.5 Å². The predicted molar refractivity (Wildman–Crippen MR) is 103 cm³/mol. The molecule has 0 radical (unpaired) electrons. The van der Waals surface area contributed by atoms with Gasteiger partial charge in [0.1, 0.15) is 17.4 Å². The Morgan fingerprint density at radius 2 is 1.80 bits per heavy atom. The molecule has 3 N–H and O–H groups in total. The fraction of sp³-hybridized carbons (Fsp3) is 0.250. The van der Waals surface area contributed by atoms with Crippen LogP contribution in [0.4, 0.5) is 0 Å². The highest BCUT2D eigenvalue weighted by molar-refractivity contribution is 5.85. The minimum atomic E-state index is -0.306. The molecule has 0 spiro atoms. The number of hydrogen-bond donors (Lipinski definition) is 2. The summed E-state index contributed by atoms with van der Waals surface area (Å²) in [6, 6.07) is 19.4. The fourth-order valence-electron chi connectivity index (χ4n) is 2.70. The van der Waals surface area contributed by atoms with Crippen LogP contribution in [0.2, 0.25) is 0 Å². The number of halogens is 1. The molecule has 1 heterocycles. The molecular weight excluding hydrogens is 336 g/mol. The second kappa shape index (κ2) is 8.70. The van der Waals surface area contributed by atoms with Crippen LogP contribution in [-0.2, 0) is 4.79 Å². The minimum absolute atomic E-state index is 0. The first-order chi connectivity index (χ1) is 11.6. The lowest BCUT2D eigenvalue weighted by Crippen LogP contribution is -2.30. The predicted octanol–water partition coefficient (Wildman–Crippen LogP) is 4.19. The van der Waals surface area contributed by atoms with Gasteiger partial charge in [-0.05, 0) is 31.0 Å². The van der Waals surface area contributed by atoms with Crippen molar-refractivity contribution in [1.82, 2.24) is 5.32 Å². The van der Waals surface area contributed by atoms with Gasteiger partial charge in [-0.15, -0.1) is 12.4 Å². The van der Waals surface area contributed by atoms with E-state index in [9.17, 15) is 4.79 Å². The topological polar surface area (TPSA) is 68.3 Å². The number of nitrogens with two attached hydrogens (primary N) is 1. The number of fused-ring (bicyclic) bond motifs is 1. The molecule has 4 nitrogen and oxygen atoms in total. The number of nitrogens with one attached hydrogen (secondary N) is 1. The zero-order valence-electron chi connectivity index (χ0n) is 14.1. The Hall–Kier alpha value is -2.30. The highest BCUT2D eigenvalue weighted by Gasteiger charge is 2.20. The standard InChI is InChI=1S/C20H22N2O2.ClH/c1-14(21)11-12-19(23)22-20(15-7-3-2-4-8-15)18-13-16-9-5-6-10-17(16)24-18;/h2-10,13-14,20H,11-12,21H2,1H3,(H,22,23);1H. The van der Waals surface area contributed by atoms with Crippen molar-refractivity contribution in [1.29, 1.82) is 0 Å². The van der Waals surface area contributed by atoms with Gasteiger partial charge in [0.2, 0.25) is 5.91 Å². The van der Waals surface area contributed by atoms with Gasteiger partial charge in [0.15, 0.2) is 0 Å². The number of carbonyl (C=O) groups is 1. The summed E-state index contributed by atoms with van der Waals surface area (Å²) in [5.41, 5.74) is 7.56. The Morgan fingerprint density at radius 3 is 2.48 bits per heavy atom. The molecule has 0 aliphatic heterocycles. The third kappa shape index (κ3) is 4.84. The van der Waals surface area contributed by atoms with Gasteiger partial charge in [-0.3, -0.25) is 4.79 Å². The van der Waals surface area contributed by atoms with Crippen LogP contribution in [0.3, 0.4) is 0 Å². The van der Waals surface area contributed by atoms with Crippen molar-refractivity contribution < 1.29 is 9.21 Å². The van der Waals surface area contributed by atoms with E-state index in [4.69, 9.17) is 10.2 Å². The van der Waals surface area contributed by atoms with E-state index >= 15 is 0 Å². The average Bonchev–Trinajstić information content (AvgIpc) is 3.02. The molecule has 0 bridgehead atoms. The van der Waals surface area contributed by atoms with Gasteiger partial charge < -0.3 is 15.5 Å². The minimum Gasteiger partial charge on any atom is -0.459 e. The highest BCUT2D eigenvalue weighted by atomic mass is 35.5. The van der Waals surface area contributed by atoms with Crippen LogP contribution < -0.4 is 11.1 Å². The van der Waals surface area contributed by atoms with Crippen molar-refractivity contribution in [3.8, 4) is 0 Å². The molecule has 5 heteroatoms. The van der Waals surface area contributed by atoms with Crippen molar-refractivity contribution in [2.75, 3.05) is 0 Å². The summed E-state index contributed by atoms with van der Waals surface area (Å²) in [5, 5.41) is 4.10. The first-order valence-electron chi connectivity index (χ1n) is 8.22. The largest absolute Gasteiger partial charge is 0.459 e. The molecule has 132 valence electrons. The molecule has 2 atom stereocenters. The molecule has 0 fully saturated rings. The van der Waals surface area contributed by atoms with E-state index in [1.54, 1.807) is 0 Å².